The molecule has 0 aliphatic heterocycles. The number of carbonyl (C=O) groups is 1. The summed E-state index contributed by atoms with van der Waals surface area (Å²) in [7, 11) is 0. The first-order chi connectivity index (χ1) is 14.9. The molecule has 0 saturated carbocycles. The lowest BCUT2D eigenvalue weighted by atomic mass is 9.95. The Morgan fingerprint density at radius 2 is 1.77 bits per heavy atom. The zero-order chi connectivity index (χ0) is 22.4. The van der Waals surface area contributed by atoms with Crippen LogP contribution < -0.4 is 10.2 Å². The van der Waals surface area contributed by atoms with E-state index in [1.807, 2.05) is 23.6 Å². The zero-order valence-electron chi connectivity index (χ0n) is 19.2. The number of aromatic nitrogens is 1. The van der Waals surface area contributed by atoms with E-state index in [1.165, 1.54) is 22.5 Å². The van der Waals surface area contributed by atoms with Crippen LogP contribution in [-0.4, -0.2) is 10.9 Å². The fourth-order valence-corrected chi connectivity index (χ4v) is 4.71. The molecule has 1 heterocycles. The van der Waals surface area contributed by atoms with Gasteiger partial charge in [-0.25, -0.2) is 4.98 Å². The molecule has 3 aromatic rings. The molecule has 1 unspecified atom stereocenters. The third-order valence-corrected chi connectivity index (χ3v) is 6.45. The molecule has 0 fully saturated rings. The highest BCUT2D eigenvalue weighted by Crippen LogP contribution is 2.32. The fourth-order valence-electron chi connectivity index (χ4n) is 3.83. The van der Waals surface area contributed by atoms with E-state index < -0.39 is 0 Å². The minimum Gasteiger partial charge on any atom is -0.304 e. The zero-order valence-corrected chi connectivity index (χ0v) is 20.0. The molecule has 31 heavy (non-hydrogen) atoms. The Morgan fingerprint density at radius 1 is 1.06 bits per heavy atom. The molecule has 4 nitrogen and oxygen atoms in total. The Balaban J connectivity index is 1.77. The second-order valence-electron chi connectivity index (χ2n) is 8.16. The summed E-state index contributed by atoms with van der Waals surface area (Å²) < 4.78 is 0. The molecule has 5 heteroatoms. The molecule has 1 N–H and O–H groups in total. The van der Waals surface area contributed by atoms with E-state index in [1.54, 1.807) is 11.8 Å². The number of hydrogen-bond acceptors (Lipinski definition) is 4. The molecule has 164 valence electrons. The van der Waals surface area contributed by atoms with E-state index in [0.29, 0.717) is 12.5 Å². The van der Waals surface area contributed by atoms with Crippen molar-refractivity contribution in [3.63, 3.8) is 0 Å². The summed E-state index contributed by atoms with van der Waals surface area (Å²) in [4.78, 5) is 19.0. The summed E-state index contributed by atoms with van der Waals surface area (Å²) in [5.74, 6) is 0.432. The molecular formula is C26H33N3OS. The number of benzene rings is 2. The third-order valence-electron chi connectivity index (χ3n) is 5.58. The van der Waals surface area contributed by atoms with Crippen LogP contribution >= 0.6 is 11.3 Å². The van der Waals surface area contributed by atoms with Crippen molar-refractivity contribution in [1.29, 1.82) is 0 Å². The fraction of sp³-hybridized carbons (Fsp3) is 0.385. The lowest BCUT2D eigenvalue weighted by Gasteiger charge is -2.23. The van der Waals surface area contributed by atoms with Crippen LogP contribution in [0.2, 0.25) is 0 Å². The molecule has 0 saturated heterocycles. The van der Waals surface area contributed by atoms with Crippen molar-refractivity contribution in [3.8, 4) is 0 Å². The number of para-hydroxylation sites is 1. The van der Waals surface area contributed by atoms with E-state index in [0.717, 1.165) is 34.9 Å². The lowest BCUT2D eigenvalue weighted by molar-refractivity contribution is -0.115. The van der Waals surface area contributed by atoms with E-state index in [2.05, 4.69) is 63.3 Å². The van der Waals surface area contributed by atoms with Crippen LogP contribution in [0.25, 0.3) is 0 Å². The molecule has 1 aromatic heterocycles. The SMILES string of the molecule is CCc1ccc(C(NCc2csc(N(C(C)=O)c3ccccc3CC)n2)C(C)C)cc1. The summed E-state index contributed by atoms with van der Waals surface area (Å²) in [6, 6.07) is 17.2. The van der Waals surface area contributed by atoms with Gasteiger partial charge < -0.3 is 5.32 Å². The van der Waals surface area contributed by atoms with E-state index >= 15 is 0 Å². The summed E-state index contributed by atoms with van der Waals surface area (Å²) in [5.41, 5.74) is 5.67. The van der Waals surface area contributed by atoms with Gasteiger partial charge in [-0.05, 0) is 41.5 Å². The molecular weight excluding hydrogens is 402 g/mol. The van der Waals surface area contributed by atoms with Gasteiger partial charge in [-0.15, -0.1) is 11.3 Å². The molecule has 0 aliphatic carbocycles. The van der Waals surface area contributed by atoms with E-state index in [9.17, 15) is 4.79 Å². The number of thiazole rings is 1. The van der Waals surface area contributed by atoms with E-state index in [-0.39, 0.29) is 11.9 Å². The molecule has 0 radical (unpaired) electrons. The topological polar surface area (TPSA) is 45.2 Å². The van der Waals surface area contributed by atoms with Gasteiger partial charge in [0, 0.05) is 24.9 Å². The van der Waals surface area contributed by atoms with Crippen molar-refractivity contribution < 1.29 is 4.79 Å². The number of amides is 1. The third kappa shape index (κ3) is 5.60. The second kappa shape index (κ2) is 10.7. The molecule has 0 aliphatic rings. The normalized spacial score (nSPS) is 12.2. The predicted octanol–water partition coefficient (Wildman–Crippen LogP) is 6.44. The maximum atomic E-state index is 12.5. The monoisotopic (exact) mass is 435 g/mol. The van der Waals surface area contributed by atoms with Gasteiger partial charge in [0.05, 0.1) is 11.4 Å². The number of nitrogens with zero attached hydrogens (tertiary/aromatic N) is 2. The number of anilines is 2. The molecule has 2 aromatic carbocycles. The van der Waals surface area contributed by atoms with Crippen LogP contribution in [-0.2, 0) is 24.2 Å². The van der Waals surface area contributed by atoms with Crippen LogP contribution in [0.3, 0.4) is 0 Å². The number of nitrogens with one attached hydrogen (secondary N) is 1. The van der Waals surface area contributed by atoms with Gasteiger partial charge >= 0.3 is 0 Å². The van der Waals surface area contributed by atoms with Crippen molar-refractivity contribution in [2.75, 3.05) is 4.90 Å². The minimum absolute atomic E-state index is 0.0224. The van der Waals surface area contributed by atoms with Crippen LogP contribution in [0, 0.1) is 5.92 Å². The Labute approximate surface area is 190 Å². The van der Waals surface area contributed by atoms with Crippen LogP contribution in [0.15, 0.2) is 53.9 Å². The van der Waals surface area contributed by atoms with Gasteiger partial charge in [-0.2, -0.15) is 0 Å². The van der Waals surface area contributed by atoms with Crippen LogP contribution in [0.1, 0.15) is 63.0 Å². The molecule has 3 rings (SSSR count). The molecule has 1 atom stereocenters. The summed E-state index contributed by atoms with van der Waals surface area (Å²) >= 11 is 1.51. The predicted molar refractivity (Wildman–Crippen MR) is 131 cm³/mol. The highest BCUT2D eigenvalue weighted by atomic mass is 32.1. The summed E-state index contributed by atoms with van der Waals surface area (Å²) in [5, 5.41) is 6.44. The van der Waals surface area contributed by atoms with Crippen molar-refractivity contribution >= 4 is 28.1 Å². The maximum Gasteiger partial charge on any atom is 0.230 e. The van der Waals surface area contributed by atoms with Gasteiger partial charge in [0.25, 0.3) is 0 Å². The van der Waals surface area contributed by atoms with Crippen molar-refractivity contribution in [2.24, 2.45) is 5.92 Å². The highest BCUT2D eigenvalue weighted by Gasteiger charge is 2.21. The van der Waals surface area contributed by atoms with E-state index in [4.69, 9.17) is 4.98 Å². The smallest absolute Gasteiger partial charge is 0.230 e. The number of carbonyl (C=O) groups excluding carboxylic acids is 1. The lowest BCUT2D eigenvalue weighted by Crippen LogP contribution is -2.26. The Hall–Kier alpha value is -2.50. The first-order valence-electron chi connectivity index (χ1n) is 11.1. The summed E-state index contributed by atoms with van der Waals surface area (Å²) in [6.07, 6.45) is 1.92. The molecule has 1 amide bonds. The second-order valence-corrected chi connectivity index (χ2v) is 8.99. The summed E-state index contributed by atoms with van der Waals surface area (Å²) in [6.45, 7) is 11.0. The van der Waals surface area contributed by atoms with Crippen LogP contribution in [0.5, 0.6) is 0 Å². The van der Waals surface area contributed by atoms with Crippen LogP contribution in [0.4, 0.5) is 10.8 Å². The van der Waals surface area contributed by atoms with Gasteiger partial charge in [-0.1, -0.05) is 70.2 Å². The number of aryl methyl sites for hydroxylation is 2. The van der Waals surface area contributed by atoms with Gasteiger partial charge in [0.2, 0.25) is 5.91 Å². The average molecular weight is 436 g/mol. The Morgan fingerprint density at radius 3 is 2.39 bits per heavy atom. The number of hydrogen-bond donors (Lipinski definition) is 1. The van der Waals surface area contributed by atoms with Crippen molar-refractivity contribution in [3.05, 3.63) is 76.3 Å². The van der Waals surface area contributed by atoms with Crippen molar-refractivity contribution in [2.45, 2.75) is 60.0 Å². The molecule has 0 spiro atoms. The van der Waals surface area contributed by atoms with Crippen molar-refractivity contribution in [1.82, 2.24) is 10.3 Å². The number of rotatable bonds is 9. The van der Waals surface area contributed by atoms with Gasteiger partial charge in [-0.3, -0.25) is 9.69 Å². The molecule has 0 bridgehead atoms. The Bertz CT molecular complexity index is 994. The van der Waals surface area contributed by atoms with Gasteiger partial charge in [0.1, 0.15) is 0 Å². The first kappa shape index (κ1) is 23.2. The quantitative estimate of drug-likeness (QED) is 0.421. The minimum atomic E-state index is -0.0224. The maximum absolute atomic E-state index is 12.5. The average Bonchev–Trinajstić information content (AvgIpc) is 3.22. The first-order valence-corrected chi connectivity index (χ1v) is 12.0. The Kier molecular flexibility index (Phi) is 7.99. The largest absolute Gasteiger partial charge is 0.304 e. The van der Waals surface area contributed by atoms with Gasteiger partial charge in [0.15, 0.2) is 5.13 Å². The highest BCUT2D eigenvalue weighted by molar-refractivity contribution is 7.14. The standard InChI is InChI=1S/C26H33N3OS/c1-6-20-12-14-22(15-13-20)25(18(3)4)27-16-23-17-31-26(28-23)29(19(5)30)24-11-9-8-10-21(24)7-2/h8-15,17-18,25,27H,6-7,16H2,1-5H3.